The summed E-state index contributed by atoms with van der Waals surface area (Å²) in [7, 11) is 0. The number of fused-ring (bicyclic) bond motifs is 1. The largest absolute Gasteiger partial charge is 0.466 e. The van der Waals surface area contributed by atoms with Crippen LogP contribution in [-0.2, 0) is 30.4 Å². The van der Waals surface area contributed by atoms with E-state index in [4.69, 9.17) is 9.47 Å². The Balaban J connectivity index is 1.76. The second-order valence-corrected chi connectivity index (χ2v) is 10.1. The zero-order chi connectivity index (χ0) is 25.4. The van der Waals surface area contributed by atoms with E-state index in [1.165, 1.54) is 4.90 Å². The molecular formula is C27H36N2O6. The number of hydrogen-bond acceptors (Lipinski definition) is 6. The molecule has 1 spiro atoms. The molecule has 8 nitrogen and oxygen atoms in total. The fraction of sp³-hybridized carbons (Fsp3) is 0.593. The Bertz CT molecular complexity index is 983. The lowest BCUT2D eigenvalue weighted by molar-refractivity contribution is -0.162. The number of aliphatic hydroxyl groups is 1. The third kappa shape index (κ3) is 3.96. The maximum Gasteiger partial charge on any atom is 0.312 e. The van der Waals surface area contributed by atoms with E-state index >= 15 is 0 Å². The molecule has 0 aliphatic carbocycles. The van der Waals surface area contributed by atoms with Gasteiger partial charge in [0.05, 0.1) is 18.1 Å². The van der Waals surface area contributed by atoms with Crippen molar-refractivity contribution < 1.29 is 29.0 Å². The van der Waals surface area contributed by atoms with Gasteiger partial charge in [0.2, 0.25) is 11.8 Å². The van der Waals surface area contributed by atoms with E-state index in [1.807, 2.05) is 44.2 Å². The van der Waals surface area contributed by atoms with Crippen molar-refractivity contribution in [2.24, 2.45) is 17.8 Å². The standard InChI is InChI=1S/C27H36N2O6/c1-5-13-28(17-19-11-8-7-9-12-19)24(32)22-27-16-18(3)26(4,35-27)21(25(33)34-6-2)20(27)23(31)29(22)14-10-15-30/h5,7-9,11-12,18,20-22,30H,1,6,10,13-17H2,2-4H3/t18?,20-,21-,22?,26+,27?/m0/s1. The third-order valence-electron chi connectivity index (χ3n) is 8.02. The predicted octanol–water partition coefficient (Wildman–Crippen LogP) is 2.16. The molecule has 1 aromatic carbocycles. The number of nitrogens with zero attached hydrogens (tertiary/aromatic N) is 2. The topological polar surface area (TPSA) is 96.4 Å². The van der Waals surface area contributed by atoms with Crippen LogP contribution in [-0.4, -0.2) is 76.2 Å². The highest BCUT2D eigenvalue weighted by Gasteiger charge is 2.80. The molecule has 2 amide bonds. The minimum atomic E-state index is -1.12. The predicted molar refractivity (Wildman–Crippen MR) is 129 cm³/mol. The van der Waals surface area contributed by atoms with Crippen LogP contribution in [0.4, 0.5) is 0 Å². The van der Waals surface area contributed by atoms with Crippen LogP contribution in [0.15, 0.2) is 43.0 Å². The number of aliphatic hydroxyl groups excluding tert-OH is 1. The monoisotopic (exact) mass is 484 g/mol. The Kier molecular flexibility index (Phi) is 7.06. The molecule has 3 heterocycles. The Morgan fingerprint density at radius 2 is 2.06 bits per heavy atom. The van der Waals surface area contributed by atoms with E-state index < -0.39 is 35.0 Å². The lowest BCUT2D eigenvalue weighted by atomic mass is 9.62. The van der Waals surface area contributed by atoms with Crippen molar-refractivity contribution in [1.82, 2.24) is 9.80 Å². The van der Waals surface area contributed by atoms with Crippen LogP contribution >= 0.6 is 0 Å². The lowest BCUT2D eigenvalue weighted by Crippen LogP contribution is -2.56. The average Bonchev–Trinajstić information content (AvgIpc) is 3.34. The summed E-state index contributed by atoms with van der Waals surface area (Å²) < 4.78 is 12.0. The maximum atomic E-state index is 14.2. The van der Waals surface area contributed by atoms with Gasteiger partial charge in [0.15, 0.2) is 0 Å². The second kappa shape index (κ2) is 9.74. The first-order valence-corrected chi connectivity index (χ1v) is 12.5. The van der Waals surface area contributed by atoms with Gasteiger partial charge in [-0.05, 0) is 38.2 Å². The molecule has 190 valence electrons. The van der Waals surface area contributed by atoms with Gasteiger partial charge in [-0.25, -0.2) is 0 Å². The van der Waals surface area contributed by atoms with Crippen LogP contribution in [0.1, 0.15) is 39.2 Å². The highest BCUT2D eigenvalue weighted by atomic mass is 16.6. The van der Waals surface area contributed by atoms with E-state index in [-0.39, 0.29) is 37.5 Å². The fourth-order valence-corrected chi connectivity index (χ4v) is 6.46. The Labute approximate surface area is 206 Å². The SMILES string of the molecule is C=CCN(Cc1ccccc1)C(=O)C1N(CCCO)C(=O)[C@@H]2[C@@H](C(=O)OCC)[C@]3(C)OC12CC3C. The second-order valence-electron chi connectivity index (χ2n) is 10.1. The molecule has 2 bridgehead atoms. The lowest BCUT2D eigenvalue weighted by Gasteiger charge is -2.37. The number of hydrogen-bond donors (Lipinski definition) is 1. The number of likely N-dealkylation sites (tertiary alicyclic amines) is 1. The van der Waals surface area contributed by atoms with Crippen LogP contribution in [0.25, 0.3) is 0 Å². The van der Waals surface area contributed by atoms with Gasteiger partial charge in [0, 0.05) is 26.2 Å². The highest BCUT2D eigenvalue weighted by Crippen LogP contribution is 2.65. The van der Waals surface area contributed by atoms with Crippen molar-refractivity contribution in [3.63, 3.8) is 0 Å². The summed E-state index contributed by atoms with van der Waals surface area (Å²) in [5, 5.41) is 9.50. The molecule has 6 atom stereocenters. The molecule has 8 heteroatoms. The van der Waals surface area contributed by atoms with Gasteiger partial charge in [-0.2, -0.15) is 0 Å². The summed E-state index contributed by atoms with van der Waals surface area (Å²) in [5.41, 5.74) is -1.05. The molecule has 3 aliphatic rings. The van der Waals surface area contributed by atoms with Crippen molar-refractivity contribution in [1.29, 1.82) is 0 Å². The first kappa shape index (κ1) is 25.4. The summed E-state index contributed by atoms with van der Waals surface area (Å²) in [6, 6.07) is 8.76. The van der Waals surface area contributed by atoms with E-state index in [9.17, 15) is 19.5 Å². The van der Waals surface area contributed by atoms with Crippen LogP contribution in [0.3, 0.4) is 0 Å². The van der Waals surface area contributed by atoms with Crippen molar-refractivity contribution in [3.8, 4) is 0 Å². The summed E-state index contributed by atoms with van der Waals surface area (Å²) in [4.78, 5) is 44.4. The van der Waals surface area contributed by atoms with Crippen molar-refractivity contribution in [2.75, 3.05) is 26.3 Å². The van der Waals surface area contributed by atoms with Gasteiger partial charge >= 0.3 is 5.97 Å². The first-order valence-electron chi connectivity index (χ1n) is 12.5. The average molecular weight is 485 g/mol. The normalized spacial score (nSPS) is 33.0. The van der Waals surface area contributed by atoms with Gasteiger partial charge in [-0.1, -0.05) is 43.3 Å². The van der Waals surface area contributed by atoms with Crippen molar-refractivity contribution >= 4 is 17.8 Å². The van der Waals surface area contributed by atoms with E-state index in [1.54, 1.807) is 17.9 Å². The van der Waals surface area contributed by atoms with Gasteiger partial charge in [-0.15, -0.1) is 6.58 Å². The third-order valence-corrected chi connectivity index (χ3v) is 8.02. The summed E-state index contributed by atoms with van der Waals surface area (Å²) in [6.45, 7) is 10.4. The smallest absolute Gasteiger partial charge is 0.312 e. The molecule has 1 N–H and O–H groups in total. The number of carbonyl (C=O) groups excluding carboxylic acids is 3. The summed E-state index contributed by atoms with van der Waals surface area (Å²) in [6.07, 6.45) is 2.49. The summed E-state index contributed by atoms with van der Waals surface area (Å²) in [5.74, 6) is -2.58. The molecule has 3 saturated heterocycles. The number of benzene rings is 1. The molecule has 35 heavy (non-hydrogen) atoms. The van der Waals surface area contributed by atoms with Crippen LogP contribution in [0, 0.1) is 17.8 Å². The zero-order valence-corrected chi connectivity index (χ0v) is 20.8. The van der Waals surface area contributed by atoms with E-state index in [0.29, 0.717) is 25.9 Å². The minimum absolute atomic E-state index is 0.0453. The van der Waals surface area contributed by atoms with Gasteiger partial charge in [0.1, 0.15) is 17.6 Å². The van der Waals surface area contributed by atoms with Crippen LogP contribution in [0.2, 0.25) is 0 Å². The Morgan fingerprint density at radius 3 is 2.69 bits per heavy atom. The molecule has 3 unspecified atom stereocenters. The van der Waals surface area contributed by atoms with E-state index in [0.717, 1.165) is 5.56 Å². The molecule has 0 radical (unpaired) electrons. The van der Waals surface area contributed by atoms with E-state index in [2.05, 4.69) is 6.58 Å². The number of ether oxygens (including phenoxy) is 2. The number of amides is 2. The van der Waals surface area contributed by atoms with Gasteiger partial charge in [-0.3, -0.25) is 14.4 Å². The molecule has 1 aromatic rings. The first-order chi connectivity index (χ1) is 16.7. The number of carbonyl (C=O) groups is 3. The molecule has 0 saturated carbocycles. The Morgan fingerprint density at radius 1 is 1.34 bits per heavy atom. The van der Waals surface area contributed by atoms with Gasteiger partial charge < -0.3 is 24.4 Å². The minimum Gasteiger partial charge on any atom is -0.466 e. The van der Waals surface area contributed by atoms with Crippen LogP contribution in [0.5, 0.6) is 0 Å². The molecule has 4 rings (SSSR count). The van der Waals surface area contributed by atoms with Gasteiger partial charge in [0.25, 0.3) is 0 Å². The number of rotatable bonds is 10. The summed E-state index contributed by atoms with van der Waals surface area (Å²) >= 11 is 0. The quantitative estimate of drug-likeness (QED) is 0.404. The van der Waals surface area contributed by atoms with Crippen molar-refractivity contribution in [3.05, 3.63) is 48.6 Å². The molecular weight excluding hydrogens is 448 g/mol. The molecule has 3 aliphatic heterocycles. The zero-order valence-electron chi connectivity index (χ0n) is 20.8. The molecule has 0 aromatic heterocycles. The highest BCUT2D eigenvalue weighted by molar-refractivity contribution is 5.98. The number of esters is 1. The van der Waals surface area contributed by atoms with Crippen LogP contribution < -0.4 is 0 Å². The fourth-order valence-electron chi connectivity index (χ4n) is 6.46. The molecule has 3 fully saturated rings. The maximum absolute atomic E-state index is 14.2. The Hall–Kier alpha value is -2.71. The van der Waals surface area contributed by atoms with Crippen molar-refractivity contribution in [2.45, 2.75) is 57.4 Å².